The Morgan fingerprint density at radius 3 is 2.71 bits per heavy atom. The molecule has 6 heteroatoms. The minimum atomic E-state index is -4.32. The normalized spacial score (nSPS) is 21.4. The third-order valence-electron chi connectivity index (χ3n) is 2.88. The number of hydrogen-bond acceptors (Lipinski definition) is 3. The van der Waals surface area contributed by atoms with Crippen LogP contribution in [0.25, 0.3) is 0 Å². The number of benzene rings is 1. The molecule has 0 aliphatic carbocycles. The van der Waals surface area contributed by atoms with E-state index >= 15 is 0 Å². The first-order valence-corrected chi connectivity index (χ1v) is 5.14. The Labute approximate surface area is 96.9 Å². The zero-order valence-electron chi connectivity index (χ0n) is 9.29. The second-order valence-electron chi connectivity index (χ2n) is 4.07. The van der Waals surface area contributed by atoms with E-state index in [1.54, 1.807) is 0 Å². The van der Waals surface area contributed by atoms with E-state index in [-0.39, 0.29) is 6.10 Å². The number of hydrogen-bond donors (Lipinski definition) is 1. The van der Waals surface area contributed by atoms with Crippen LogP contribution in [0.5, 0.6) is 0 Å². The van der Waals surface area contributed by atoms with Crippen molar-refractivity contribution in [1.82, 2.24) is 5.01 Å². The van der Waals surface area contributed by atoms with Crippen LogP contribution in [0.3, 0.4) is 0 Å². The van der Waals surface area contributed by atoms with E-state index in [2.05, 4.69) is 0 Å². The van der Waals surface area contributed by atoms with Crippen LogP contribution in [0.2, 0.25) is 0 Å². The number of hydrazine groups is 1. The van der Waals surface area contributed by atoms with Crippen molar-refractivity contribution < 1.29 is 17.9 Å². The summed E-state index contributed by atoms with van der Waals surface area (Å²) in [5.41, 5.74) is 0.698. The van der Waals surface area contributed by atoms with Crippen LogP contribution >= 0.6 is 0 Å². The predicted octanol–water partition coefficient (Wildman–Crippen LogP) is 2.08. The lowest BCUT2D eigenvalue weighted by atomic mass is 9.96. The summed E-state index contributed by atoms with van der Waals surface area (Å²) in [5, 5.41) is 1.46. The molecule has 2 N–H and O–H groups in total. The molecule has 1 aromatic carbocycles. The van der Waals surface area contributed by atoms with Crippen LogP contribution in [0.15, 0.2) is 18.2 Å². The van der Waals surface area contributed by atoms with Crippen molar-refractivity contribution in [3.8, 4) is 0 Å². The SMILES string of the molecule is COC1CN(N)Cc2cc(C(F)(F)F)ccc21. The molecule has 0 spiro atoms. The number of ether oxygens (including phenoxy) is 1. The van der Waals surface area contributed by atoms with Crippen LogP contribution in [0.1, 0.15) is 22.8 Å². The fraction of sp³-hybridized carbons (Fsp3) is 0.455. The summed E-state index contributed by atoms with van der Waals surface area (Å²) in [4.78, 5) is 0. The maximum atomic E-state index is 12.6. The number of alkyl halides is 3. The molecule has 2 rings (SSSR count). The van der Waals surface area contributed by atoms with Gasteiger partial charge in [-0.25, -0.2) is 5.01 Å². The van der Waals surface area contributed by atoms with Crippen LogP contribution < -0.4 is 5.84 Å². The number of nitrogens with two attached hydrogens (primary N) is 1. The molecule has 1 unspecified atom stereocenters. The fourth-order valence-electron chi connectivity index (χ4n) is 2.03. The quantitative estimate of drug-likeness (QED) is 0.771. The van der Waals surface area contributed by atoms with Crippen molar-refractivity contribution in [2.75, 3.05) is 13.7 Å². The van der Waals surface area contributed by atoms with Gasteiger partial charge in [-0.2, -0.15) is 13.2 Å². The predicted molar refractivity (Wildman–Crippen MR) is 55.8 cm³/mol. The molecule has 17 heavy (non-hydrogen) atoms. The van der Waals surface area contributed by atoms with Gasteiger partial charge in [0, 0.05) is 20.2 Å². The highest BCUT2D eigenvalue weighted by atomic mass is 19.4. The molecular formula is C11H13F3N2O. The number of nitrogens with zero attached hydrogens (tertiary/aromatic N) is 1. The van der Waals surface area contributed by atoms with E-state index in [1.165, 1.54) is 18.2 Å². The van der Waals surface area contributed by atoms with Gasteiger partial charge in [0.05, 0.1) is 11.7 Å². The molecule has 0 radical (unpaired) electrons. The Balaban J connectivity index is 2.41. The summed E-state index contributed by atoms with van der Waals surface area (Å²) < 4.78 is 42.9. The maximum Gasteiger partial charge on any atom is 0.416 e. The number of fused-ring (bicyclic) bond motifs is 1. The highest BCUT2D eigenvalue weighted by molar-refractivity contribution is 5.36. The standard InChI is InChI=1S/C11H13F3N2O/c1-17-10-6-16(15)5-7-4-8(11(12,13)14)2-3-9(7)10/h2-4,10H,5-6,15H2,1H3. The first-order chi connectivity index (χ1) is 7.91. The zero-order valence-corrected chi connectivity index (χ0v) is 9.29. The molecule has 0 bridgehead atoms. The highest BCUT2D eigenvalue weighted by Crippen LogP contribution is 2.34. The number of halogens is 3. The maximum absolute atomic E-state index is 12.6. The van der Waals surface area contributed by atoms with Crippen molar-refractivity contribution in [3.05, 3.63) is 34.9 Å². The summed E-state index contributed by atoms with van der Waals surface area (Å²) in [6, 6.07) is 3.69. The van der Waals surface area contributed by atoms with E-state index in [9.17, 15) is 13.2 Å². The lowest BCUT2D eigenvalue weighted by molar-refractivity contribution is -0.137. The summed E-state index contributed by atoms with van der Waals surface area (Å²) >= 11 is 0. The first-order valence-electron chi connectivity index (χ1n) is 5.14. The molecule has 0 saturated carbocycles. The molecule has 1 atom stereocenters. The second-order valence-corrected chi connectivity index (χ2v) is 4.07. The highest BCUT2D eigenvalue weighted by Gasteiger charge is 2.33. The summed E-state index contributed by atoms with van der Waals surface area (Å²) in [6.45, 7) is 0.786. The number of rotatable bonds is 1. The van der Waals surface area contributed by atoms with E-state index in [0.717, 1.165) is 17.7 Å². The van der Waals surface area contributed by atoms with E-state index in [1.807, 2.05) is 0 Å². The second kappa shape index (κ2) is 4.29. The summed E-state index contributed by atoms with van der Waals surface area (Å²) in [5.74, 6) is 5.65. The molecular weight excluding hydrogens is 233 g/mol. The largest absolute Gasteiger partial charge is 0.416 e. The van der Waals surface area contributed by atoms with Gasteiger partial charge in [0.1, 0.15) is 0 Å². The average Bonchev–Trinajstić information content (AvgIpc) is 2.25. The lowest BCUT2D eigenvalue weighted by Crippen LogP contribution is -2.39. The van der Waals surface area contributed by atoms with E-state index in [4.69, 9.17) is 10.6 Å². The summed E-state index contributed by atoms with van der Waals surface area (Å²) in [6.07, 6.45) is -4.60. The lowest BCUT2D eigenvalue weighted by Gasteiger charge is -2.31. The molecule has 0 saturated heterocycles. The molecule has 1 aliphatic heterocycles. The minimum absolute atomic E-state index is 0.272. The van der Waals surface area contributed by atoms with Crippen molar-refractivity contribution in [2.45, 2.75) is 18.8 Å². The zero-order chi connectivity index (χ0) is 12.6. The third-order valence-corrected chi connectivity index (χ3v) is 2.88. The molecule has 1 aromatic rings. The topological polar surface area (TPSA) is 38.5 Å². The Hall–Kier alpha value is -1.11. The summed E-state index contributed by atoms with van der Waals surface area (Å²) in [7, 11) is 1.52. The van der Waals surface area contributed by atoms with Gasteiger partial charge in [0.25, 0.3) is 0 Å². The number of methoxy groups -OCH3 is 1. The van der Waals surface area contributed by atoms with E-state index in [0.29, 0.717) is 18.7 Å². The molecule has 1 aliphatic rings. The van der Waals surface area contributed by atoms with Gasteiger partial charge >= 0.3 is 6.18 Å². The molecule has 3 nitrogen and oxygen atoms in total. The van der Waals surface area contributed by atoms with Gasteiger partial charge in [-0.05, 0) is 23.3 Å². The van der Waals surface area contributed by atoms with Gasteiger partial charge in [0.15, 0.2) is 0 Å². The van der Waals surface area contributed by atoms with Crippen molar-refractivity contribution in [2.24, 2.45) is 5.84 Å². The van der Waals surface area contributed by atoms with Crippen LogP contribution in [0, 0.1) is 0 Å². The molecule has 0 aromatic heterocycles. The Kier molecular flexibility index (Phi) is 3.11. The van der Waals surface area contributed by atoms with Crippen molar-refractivity contribution >= 4 is 0 Å². The van der Waals surface area contributed by atoms with Crippen LogP contribution in [-0.2, 0) is 17.5 Å². The van der Waals surface area contributed by atoms with Crippen LogP contribution in [-0.4, -0.2) is 18.7 Å². The van der Waals surface area contributed by atoms with Crippen LogP contribution in [0.4, 0.5) is 13.2 Å². The Bertz CT molecular complexity index is 420. The first kappa shape index (κ1) is 12.3. The monoisotopic (exact) mass is 246 g/mol. The Morgan fingerprint density at radius 2 is 2.12 bits per heavy atom. The van der Waals surface area contributed by atoms with Crippen molar-refractivity contribution in [1.29, 1.82) is 0 Å². The average molecular weight is 246 g/mol. The molecule has 0 amide bonds. The third kappa shape index (κ3) is 2.43. The van der Waals surface area contributed by atoms with Crippen molar-refractivity contribution in [3.63, 3.8) is 0 Å². The molecule has 0 fully saturated rings. The minimum Gasteiger partial charge on any atom is -0.375 e. The smallest absolute Gasteiger partial charge is 0.375 e. The fourth-order valence-corrected chi connectivity index (χ4v) is 2.03. The van der Waals surface area contributed by atoms with Gasteiger partial charge < -0.3 is 4.74 Å². The van der Waals surface area contributed by atoms with E-state index < -0.39 is 11.7 Å². The van der Waals surface area contributed by atoms with Gasteiger partial charge in [0.2, 0.25) is 0 Å². The van der Waals surface area contributed by atoms with Gasteiger partial charge in [-0.15, -0.1) is 0 Å². The van der Waals surface area contributed by atoms with Gasteiger partial charge in [-0.1, -0.05) is 6.07 Å². The van der Waals surface area contributed by atoms with Gasteiger partial charge in [-0.3, -0.25) is 5.84 Å². The Morgan fingerprint density at radius 1 is 1.41 bits per heavy atom. The molecule has 1 heterocycles. The molecule has 94 valence electrons.